The molecule has 10 heteroatoms. The maximum Gasteiger partial charge on any atom is 0.319 e. The van der Waals surface area contributed by atoms with Crippen LogP contribution in [0.2, 0.25) is 0 Å². The number of hydrogen-bond acceptors (Lipinski definition) is 7. The molecule has 0 aliphatic carbocycles. The topological polar surface area (TPSA) is 125 Å². The van der Waals surface area contributed by atoms with Crippen molar-refractivity contribution < 1.29 is 19.7 Å². The average molecular weight is 539 g/mol. The Balaban J connectivity index is 1.27. The highest BCUT2D eigenvalue weighted by molar-refractivity contribution is 5.89. The number of nitrogens with one attached hydrogen (secondary N) is 2. The molecule has 3 heterocycles. The van der Waals surface area contributed by atoms with Crippen molar-refractivity contribution in [3.8, 4) is 0 Å². The van der Waals surface area contributed by atoms with Crippen molar-refractivity contribution in [1.29, 1.82) is 0 Å². The zero-order chi connectivity index (χ0) is 28.3. The van der Waals surface area contributed by atoms with Gasteiger partial charge >= 0.3 is 6.03 Å². The minimum atomic E-state index is -1.09. The quantitative estimate of drug-likeness (QED) is 0.307. The van der Waals surface area contributed by atoms with Crippen molar-refractivity contribution >= 4 is 22.8 Å². The molecule has 3 aromatic rings. The molecule has 1 saturated heterocycles. The van der Waals surface area contributed by atoms with E-state index in [1.807, 2.05) is 43.5 Å². The fourth-order valence-electron chi connectivity index (χ4n) is 4.92. The molecule has 1 fully saturated rings. The Morgan fingerprint density at radius 2 is 1.85 bits per heavy atom. The third-order valence-electron chi connectivity index (χ3n) is 7.38. The lowest BCUT2D eigenvalue weighted by atomic mass is 9.87. The Hall–Kier alpha value is -3.05. The predicted molar refractivity (Wildman–Crippen MR) is 152 cm³/mol. The van der Waals surface area contributed by atoms with Gasteiger partial charge in [0.15, 0.2) is 6.23 Å². The first-order valence-corrected chi connectivity index (χ1v) is 13.6. The van der Waals surface area contributed by atoms with E-state index in [2.05, 4.69) is 60.1 Å². The van der Waals surface area contributed by atoms with Crippen LogP contribution < -0.4 is 10.6 Å². The second-order valence-electron chi connectivity index (χ2n) is 11.6. The van der Waals surface area contributed by atoms with Gasteiger partial charge in [-0.1, -0.05) is 32.9 Å². The van der Waals surface area contributed by atoms with E-state index in [0.29, 0.717) is 25.3 Å². The van der Waals surface area contributed by atoms with E-state index in [0.717, 1.165) is 23.2 Å². The van der Waals surface area contributed by atoms with Crippen LogP contribution in [-0.4, -0.2) is 79.7 Å². The number of aromatic nitrogens is 3. The summed E-state index contributed by atoms with van der Waals surface area (Å²) in [5.74, 6) is 0. The van der Waals surface area contributed by atoms with E-state index < -0.39 is 24.5 Å². The van der Waals surface area contributed by atoms with Gasteiger partial charge in [0.1, 0.15) is 30.3 Å². The van der Waals surface area contributed by atoms with Gasteiger partial charge in [-0.05, 0) is 56.4 Å². The number of fused-ring (bicyclic) bond motifs is 1. The summed E-state index contributed by atoms with van der Waals surface area (Å²) in [5, 5.41) is 28.3. The van der Waals surface area contributed by atoms with Crippen LogP contribution in [0.3, 0.4) is 0 Å². The first kappa shape index (κ1) is 28.9. The molecule has 1 unspecified atom stereocenters. The van der Waals surface area contributed by atoms with Crippen molar-refractivity contribution in [3.05, 3.63) is 54.1 Å². The lowest BCUT2D eigenvalue weighted by Crippen LogP contribution is -2.44. The predicted octanol–water partition coefficient (Wildman–Crippen LogP) is 3.58. The molecule has 4 rings (SSSR count). The molecule has 0 radical (unpaired) electrons. The summed E-state index contributed by atoms with van der Waals surface area (Å²) in [7, 11) is 0. The molecule has 1 aliphatic heterocycles. The number of hydrogen-bond donors (Lipinski definition) is 4. The van der Waals surface area contributed by atoms with Crippen LogP contribution in [0.25, 0.3) is 11.0 Å². The molecule has 4 N–H and O–H groups in total. The van der Waals surface area contributed by atoms with Crippen LogP contribution in [0.1, 0.15) is 58.5 Å². The van der Waals surface area contributed by atoms with Gasteiger partial charge in [-0.2, -0.15) is 0 Å². The van der Waals surface area contributed by atoms with E-state index in [9.17, 15) is 15.0 Å². The Bertz CT molecular complexity index is 1250. The van der Waals surface area contributed by atoms with Crippen LogP contribution in [0, 0.1) is 6.92 Å². The zero-order valence-corrected chi connectivity index (χ0v) is 23.8. The van der Waals surface area contributed by atoms with E-state index in [1.165, 1.54) is 11.9 Å². The van der Waals surface area contributed by atoms with E-state index in [-0.39, 0.29) is 17.5 Å². The van der Waals surface area contributed by atoms with Crippen LogP contribution in [0.15, 0.2) is 42.9 Å². The summed E-state index contributed by atoms with van der Waals surface area (Å²) in [4.78, 5) is 23.1. The SMILES string of the molecule is Cc1ncnc2c1ccn2[C@@H]1OC(CN(CCCNC(=O)Nc2ccc(C(C)(C)C)cc2)C(C)C)[C@@H](O)[C@H]1O. The molecule has 10 nitrogen and oxygen atoms in total. The van der Waals surface area contributed by atoms with Crippen molar-refractivity contribution in [2.75, 3.05) is 25.0 Å². The molecule has 1 aromatic carbocycles. The normalized spacial score (nSPS) is 21.7. The van der Waals surface area contributed by atoms with Gasteiger partial charge < -0.3 is 30.2 Å². The first-order chi connectivity index (χ1) is 18.5. The highest BCUT2D eigenvalue weighted by Crippen LogP contribution is 2.33. The fraction of sp³-hybridized carbons (Fsp3) is 0.552. The van der Waals surface area contributed by atoms with Crippen molar-refractivity contribution in [2.45, 2.75) is 84.0 Å². The molecule has 0 spiro atoms. The molecule has 2 aromatic heterocycles. The molecule has 0 bridgehead atoms. The van der Waals surface area contributed by atoms with Crippen molar-refractivity contribution in [2.24, 2.45) is 0 Å². The second-order valence-corrected chi connectivity index (χ2v) is 11.6. The lowest BCUT2D eigenvalue weighted by molar-refractivity contribution is -0.0465. The largest absolute Gasteiger partial charge is 0.387 e. The van der Waals surface area contributed by atoms with Gasteiger partial charge in [-0.15, -0.1) is 0 Å². The van der Waals surface area contributed by atoms with E-state index >= 15 is 0 Å². The number of rotatable bonds is 9. The number of benzene rings is 1. The number of aliphatic hydroxyl groups is 2. The average Bonchev–Trinajstić information content (AvgIpc) is 3.42. The second kappa shape index (κ2) is 12.0. The molecule has 39 heavy (non-hydrogen) atoms. The third-order valence-corrected chi connectivity index (χ3v) is 7.38. The molecule has 0 saturated carbocycles. The van der Waals surface area contributed by atoms with Crippen LogP contribution in [-0.2, 0) is 10.2 Å². The number of nitrogens with zero attached hydrogens (tertiary/aromatic N) is 4. The minimum absolute atomic E-state index is 0.0619. The highest BCUT2D eigenvalue weighted by Gasteiger charge is 2.44. The standard InChI is InChI=1S/C29H42N6O4/c1-18(2)34(14-7-13-30-28(38)33-21-10-8-20(9-11-21)29(4,5)6)16-23-24(36)25(37)27(39-23)35-15-12-22-19(3)31-17-32-26(22)35/h8-12,15,17-18,23-25,27,36-37H,7,13-14,16H2,1-6H3,(H2,30,33,38)/t23?,24-,25-,27-/m1/s1. The number of carbonyl (C=O) groups is 1. The van der Waals surface area contributed by atoms with Gasteiger partial charge in [0, 0.05) is 42.9 Å². The maximum absolute atomic E-state index is 12.4. The zero-order valence-electron chi connectivity index (χ0n) is 23.8. The van der Waals surface area contributed by atoms with Gasteiger partial charge in [-0.25, -0.2) is 14.8 Å². The van der Waals surface area contributed by atoms with Crippen molar-refractivity contribution in [3.63, 3.8) is 0 Å². The highest BCUT2D eigenvalue weighted by atomic mass is 16.6. The van der Waals surface area contributed by atoms with Crippen LogP contribution in [0.4, 0.5) is 10.5 Å². The smallest absolute Gasteiger partial charge is 0.319 e. The molecular formula is C29H42N6O4. The number of ether oxygens (including phenoxy) is 1. The maximum atomic E-state index is 12.4. The summed E-state index contributed by atoms with van der Waals surface area (Å²) in [6, 6.07) is 9.74. The molecular weight excluding hydrogens is 496 g/mol. The molecule has 1 aliphatic rings. The summed E-state index contributed by atoms with van der Waals surface area (Å²) < 4.78 is 7.94. The van der Waals surface area contributed by atoms with Gasteiger partial charge in [0.25, 0.3) is 0 Å². The van der Waals surface area contributed by atoms with Gasteiger partial charge in [0.05, 0.1) is 5.69 Å². The minimum Gasteiger partial charge on any atom is -0.387 e. The number of carbonyl (C=O) groups excluding carboxylic acids is 1. The monoisotopic (exact) mass is 538 g/mol. The Morgan fingerprint density at radius 1 is 1.13 bits per heavy atom. The number of aliphatic hydroxyl groups excluding tert-OH is 2. The molecule has 212 valence electrons. The lowest BCUT2D eigenvalue weighted by Gasteiger charge is -2.30. The van der Waals surface area contributed by atoms with Crippen LogP contribution in [0.5, 0.6) is 0 Å². The number of aryl methyl sites for hydroxylation is 1. The Morgan fingerprint density at radius 3 is 2.51 bits per heavy atom. The van der Waals surface area contributed by atoms with Gasteiger partial charge in [-0.3, -0.25) is 4.90 Å². The number of urea groups is 1. The number of anilines is 1. The summed E-state index contributed by atoms with van der Waals surface area (Å²) >= 11 is 0. The number of amides is 2. The summed E-state index contributed by atoms with van der Waals surface area (Å²) in [5.41, 5.74) is 3.53. The van der Waals surface area contributed by atoms with Gasteiger partial charge in [0.2, 0.25) is 0 Å². The van der Waals surface area contributed by atoms with Crippen LogP contribution >= 0.6 is 0 Å². The molecule has 4 atom stereocenters. The van der Waals surface area contributed by atoms with E-state index in [4.69, 9.17) is 4.74 Å². The molecule has 2 amide bonds. The third kappa shape index (κ3) is 6.75. The summed E-state index contributed by atoms with van der Waals surface area (Å²) in [6.07, 6.45) is 0.588. The van der Waals surface area contributed by atoms with Crippen molar-refractivity contribution in [1.82, 2.24) is 24.8 Å². The first-order valence-electron chi connectivity index (χ1n) is 13.6. The van der Waals surface area contributed by atoms with E-state index in [1.54, 1.807) is 4.57 Å². The fourth-order valence-corrected chi connectivity index (χ4v) is 4.92. The summed E-state index contributed by atoms with van der Waals surface area (Å²) in [6.45, 7) is 14.2. The Kier molecular flexibility index (Phi) is 8.90. The Labute approximate surface area is 230 Å².